The fourth-order valence-electron chi connectivity index (χ4n) is 1.86. The third-order valence-electron chi connectivity index (χ3n) is 2.75. The predicted octanol–water partition coefficient (Wildman–Crippen LogP) is 3.59. The van der Waals surface area contributed by atoms with Crippen molar-refractivity contribution in [3.05, 3.63) is 58.6 Å². The van der Waals surface area contributed by atoms with Crippen LogP contribution in [0, 0.1) is 0 Å². The van der Waals surface area contributed by atoms with Gasteiger partial charge in [0.05, 0.1) is 24.8 Å². The summed E-state index contributed by atoms with van der Waals surface area (Å²) in [6, 6.07) is 12.2. The molecule has 0 saturated carbocycles. The summed E-state index contributed by atoms with van der Waals surface area (Å²) in [5.41, 5.74) is 1.01. The van der Waals surface area contributed by atoms with Crippen LogP contribution >= 0.6 is 11.6 Å². The Bertz CT molecular complexity index is 594. The monoisotopic (exact) mass is 276 g/mol. The van der Waals surface area contributed by atoms with Gasteiger partial charge in [0, 0.05) is 5.56 Å². The number of hydrogen-bond donors (Lipinski definition) is 0. The summed E-state index contributed by atoms with van der Waals surface area (Å²) in [4.78, 5) is 12.4. The molecule has 4 heteroatoms. The Hall–Kier alpha value is -2.00. The molecule has 2 aromatic rings. The van der Waals surface area contributed by atoms with E-state index in [1.165, 1.54) is 14.2 Å². The van der Waals surface area contributed by atoms with Crippen LogP contribution in [-0.4, -0.2) is 20.0 Å². The Morgan fingerprint density at radius 3 is 2.16 bits per heavy atom. The molecule has 3 nitrogen and oxygen atoms in total. The molecule has 0 aliphatic heterocycles. The molecular weight excluding hydrogens is 264 g/mol. The molecule has 0 unspecified atom stereocenters. The Labute approximate surface area is 116 Å². The number of rotatable bonds is 4. The lowest BCUT2D eigenvalue weighted by Crippen LogP contribution is -2.05. The fraction of sp³-hybridized carbons (Fsp3) is 0.133. The number of halogens is 1. The molecule has 0 fully saturated rings. The van der Waals surface area contributed by atoms with Crippen molar-refractivity contribution in [2.75, 3.05) is 14.2 Å². The van der Waals surface area contributed by atoms with Crippen LogP contribution in [0.5, 0.6) is 11.5 Å². The van der Waals surface area contributed by atoms with Crippen molar-refractivity contribution >= 4 is 17.4 Å². The van der Waals surface area contributed by atoms with Gasteiger partial charge < -0.3 is 9.47 Å². The average molecular weight is 277 g/mol. The van der Waals surface area contributed by atoms with E-state index in [4.69, 9.17) is 21.1 Å². The zero-order valence-corrected chi connectivity index (χ0v) is 11.4. The molecule has 98 valence electrons. The van der Waals surface area contributed by atoms with Crippen molar-refractivity contribution in [2.24, 2.45) is 0 Å². The van der Waals surface area contributed by atoms with Gasteiger partial charge in [-0.1, -0.05) is 41.9 Å². The van der Waals surface area contributed by atoms with E-state index in [-0.39, 0.29) is 5.78 Å². The van der Waals surface area contributed by atoms with Crippen molar-refractivity contribution in [1.29, 1.82) is 0 Å². The second-order valence-corrected chi connectivity index (χ2v) is 4.26. The third-order valence-corrected chi connectivity index (χ3v) is 3.05. The molecule has 0 aliphatic rings. The molecule has 0 N–H and O–H groups in total. The van der Waals surface area contributed by atoms with Crippen LogP contribution < -0.4 is 9.47 Å². The van der Waals surface area contributed by atoms with Crippen LogP contribution in [0.15, 0.2) is 42.5 Å². The van der Waals surface area contributed by atoms with Gasteiger partial charge >= 0.3 is 0 Å². The molecule has 0 atom stereocenters. The molecule has 0 aromatic heterocycles. The lowest BCUT2D eigenvalue weighted by Gasteiger charge is -2.13. The van der Waals surface area contributed by atoms with Crippen LogP contribution in [0.2, 0.25) is 5.02 Å². The number of ketones is 1. The molecule has 19 heavy (non-hydrogen) atoms. The highest BCUT2D eigenvalue weighted by molar-refractivity contribution is 6.32. The fourth-order valence-corrected chi connectivity index (χ4v) is 2.08. The van der Waals surface area contributed by atoms with E-state index in [1.54, 1.807) is 24.3 Å². The third kappa shape index (κ3) is 2.56. The molecule has 0 spiro atoms. The molecule has 2 rings (SSSR count). The number of carbonyl (C=O) groups excluding carboxylic acids is 1. The first-order valence-electron chi connectivity index (χ1n) is 5.69. The van der Waals surface area contributed by atoms with Gasteiger partial charge in [-0.25, -0.2) is 0 Å². The van der Waals surface area contributed by atoms with Crippen LogP contribution in [0.4, 0.5) is 0 Å². The summed E-state index contributed by atoms with van der Waals surface area (Å²) in [6.45, 7) is 0. The maximum absolute atomic E-state index is 12.4. The van der Waals surface area contributed by atoms with Crippen LogP contribution in [0.1, 0.15) is 15.9 Å². The van der Waals surface area contributed by atoms with Gasteiger partial charge in [0.15, 0.2) is 17.3 Å². The highest BCUT2D eigenvalue weighted by atomic mass is 35.5. The summed E-state index contributed by atoms with van der Waals surface area (Å²) in [7, 11) is 2.97. The second kappa shape index (κ2) is 5.76. The first kappa shape index (κ1) is 13.4. The topological polar surface area (TPSA) is 35.5 Å². The van der Waals surface area contributed by atoms with Crippen molar-refractivity contribution in [2.45, 2.75) is 0 Å². The van der Waals surface area contributed by atoms with Crippen LogP contribution in [0.25, 0.3) is 0 Å². The normalized spacial score (nSPS) is 10.1. The summed E-state index contributed by atoms with van der Waals surface area (Å²) < 4.78 is 10.4. The SMILES string of the molecule is COc1c(Cl)ccc(C(=O)c2ccccc2)c1OC. The van der Waals surface area contributed by atoms with Crippen molar-refractivity contribution in [3.8, 4) is 11.5 Å². The number of carbonyl (C=O) groups is 1. The molecule has 0 bridgehead atoms. The highest BCUT2D eigenvalue weighted by Crippen LogP contribution is 2.38. The molecule has 0 heterocycles. The van der Waals surface area contributed by atoms with E-state index >= 15 is 0 Å². The minimum atomic E-state index is -0.132. The smallest absolute Gasteiger partial charge is 0.196 e. The lowest BCUT2D eigenvalue weighted by atomic mass is 10.0. The molecule has 2 aromatic carbocycles. The molecule has 0 radical (unpaired) electrons. The summed E-state index contributed by atoms with van der Waals surface area (Å²) in [5, 5.41) is 0.406. The standard InChI is InChI=1S/C15H13ClO3/c1-18-14-11(8-9-12(16)15(14)19-2)13(17)10-6-4-3-5-7-10/h3-9H,1-2H3. The van der Waals surface area contributed by atoms with E-state index in [0.29, 0.717) is 27.6 Å². The highest BCUT2D eigenvalue weighted by Gasteiger charge is 2.20. The first-order chi connectivity index (χ1) is 9.19. The van der Waals surface area contributed by atoms with Gasteiger partial charge in [0.25, 0.3) is 0 Å². The Morgan fingerprint density at radius 2 is 1.58 bits per heavy atom. The van der Waals surface area contributed by atoms with Crippen molar-refractivity contribution in [1.82, 2.24) is 0 Å². The molecule has 0 amide bonds. The number of ether oxygens (including phenoxy) is 2. The lowest BCUT2D eigenvalue weighted by molar-refractivity contribution is 0.103. The molecule has 0 aliphatic carbocycles. The summed E-state index contributed by atoms with van der Waals surface area (Å²) in [6.07, 6.45) is 0. The quantitative estimate of drug-likeness (QED) is 0.801. The maximum Gasteiger partial charge on any atom is 0.196 e. The van der Waals surface area contributed by atoms with Gasteiger partial charge in [-0.15, -0.1) is 0 Å². The van der Waals surface area contributed by atoms with Crippen LogP contribution in [-0.2, 0) is 0 Å². The van der Waals surface area contributed by atoms with Gasteiger partial charge in [-0.3, -0.25) is 4.79 Å². The van der Waals surface area contributed by atoms with Gasteiger partial charge in [-0.05, 0) is 12.1 Å². The predicted molar refractivity (Wildman–Crippen MR) is 74.4 cm³/mol. The minimum absolute atomic E-state index is 0.132. The van der Waals surface area contributed by atoms with Crippen LogP contribution in [0.3, 0.4) is 0 Å². The molecular formula is C15H13ClO3. The minimum Gasteiger partial charge on any atom is -0.492 e. The van der Waals surface area contributed by atoms with Gasteiger partial charge in [0.2, 0.25) is 0 Å². The molecule has 0 saturated heterocycles. The number of hydrogen-bond acceptors (Lipinski definition) is 3. The summed E-state index contributed by atoms with van der Waals surface area (Å²) in [5.74, 6) is 0.585. The van der Waals surface area contributed by atoms with E-state index in [9.17, 15) is 4.79 Å². The van der Waals surface area contributed by atoms with E-state index < -0.39 is 0 Å². The van der Waals surface area contributed by atoms with Crippen molar-refractivity contribution in [3.63, 3.8) is 0 Å². The first-order valence-corrected chi connectivity index (χ1v) is 6.07. The Balaban J connectivity index is 2.54. The second-order valence-electron chi connectivity index (χ2n) is 3.86. The number of methoxy groups -OCH3 is 2. The van der Waals surface area contributed by atoms with Crippen molar-refractivity contribution < 1.29 is 14.3 Å². The maximum atomic E-state index is 12.4. The zero-order valence-electron chi connectivity index (χ0n) is 10.6. The van der Waals surface area contributed by atoms with E-state index in [2.05, 4.69) is 0 Å². The largest absolute Gasteiger partial charge is 0.492 e. The Morgan fingerprint density at radius 1 is 0.947 bits per heavy atom. The van der Waals surface area contributed by atoms with E-state index in [0.717, 1.165) is 0 Å². The summed E-state index contributed by atoms with van der Waals surface area (Å²) >= 11 is 6.01. The van der Waals surface area contributed by atoms with Gasteiger partial charge in [-0.2, -0.15) is 0 Å². The van der Waals surface area contributed by atoms with Gasteiger partial charge in [0.1, 0.15) is 0 Å². The van der Waals surface area contributed by atoms with E-state index in [1.807, 2.05) is 18.2 Å². The number of benzene rings is 2. The Kier molecular flexibility index (Phi) is 4.07. The average Bonchev–Trinajstić information content (AvgIpc) is 2.47. The zero-order chi connectivity index (χ0) is 13.8.